The van der Waals surface area contributed by atoms with Gasteiger partial charge in [-0.3, -0.25) is 0 Å². The third kappa shape index (κ3) is 3.72. The number of hydrogen-bond donors (Lipinski definition) is 1. The van der Waals surface area contributed by atoms with Gasteiger partial charge in [-0.15, -0.1) is 13.2 Å². The van der Waals surface area contributed by atoms with Gasteiger partial charge in [-0.1, -0.05) is 26.0 Å². The van der Waals surface area contributed by atoms with E-state index in [-0.39, 0.29) is 6.04 Å². The maximum absolute atomic E-state index is 6.04. The smallest absolute Gasteiger partial charge is 0.00962 e. The summed E-state index contributed by atoms with van der Waals surface area (Å²) in [6.45, 7) is 11.8. The summed E-state index contributed by atoms with van der Waals surface area (Å²) in [4.78, 5) is 0. The number of rotatable bonds is 6. The van der Waals surface area contributed by atoms with E-state index in [1.807, 2.05) is 12.2 Å². The van der Waals surface area contributed by atoms with E-state index in [9.17, 15) is 0 Å². The minimum Gasteiger partial charge on any atom is -0.327 e. The van der Waals surface area contributed by atoms with Crippen LogP contribution in [-0.4, -0.2) is 6.04 Å². The van der Waals surface area contributed by atoms with Crippen molar-refractivity contribution in [1.82, 2.24) is 0 Å². The van der Waals surface area contributed by atoms with Gasteiger partial charge in [0.25, 0.3) is 0 Å². The fourth-order valence-corrected chi connectivity index (χ4v) is 1.38. The number of allylic oxidation sites excluding steroid dienone is 2. The highest BCUT2D eigenvalue weighted by atomic mass is 14.7. The van der Waals surface area contributed by atoms with Crippen LogP contribution in [0.4, 0.5) is 0 Å². The highest BCUT2D eigenvalue weighted by Crippen LogP contribution is 2.18. The summed E-state index contributed by atoms with van der Waals surface area (Å²) in [6.07, 6.45) is 5.86. The normalized spacial score (nSPS) is 13.4. The first-order chi connectivity index (χ1) is 5.63. The zero-order valence-electron chi connectivity index (χ0n) is 8.29. The van der Waals surface area contributed by atoms with Gasteiger partial charge in [0.15, 0.2) is 0 Å². The molecular formula is C11H21N. The lowest BCUT2D eigenvalue weighted by atomic mass is 9.86. The first-order valence-corrected chi connectivity index (χ1v) is 4.60. The predicted molar refractivity (Wildman–Crippen MR) is 55.9 cm³/mol. The molecule has 0 radical (unpaired) electrons. The molecule has 0 heterocycles. The Hall–Kier alpha value is -0.560. The lowest BCUT2D eigenvalue weighted by Gasteiger charge is -2.24. The largest absolute Gasteiger partial charge is 0.327 e. The molecule has 1 nitrogen and oxygen atoms in total. The van der Waals surface area contributed by atoms with Gasteiger partial charge >= 0.3 is 0 Å². The summed E-state index contributed by atoms with van der Waals surface area (Å²) in [5.74, 6) is 1.05. The number of hydrogen-bond acceptors (Lipinski definition) is 1. The SMILES string of the molecule is C=CCC(CC=C)C(N)C(C)C. The van der Waals surface area contributed by atoms with Crippen LogP contribution in [0.5, 0.6) is 0 Å². The van der Waals surface area contributed by atoms with E-state index in [1.165, 1.54) is 0 Å². The molecule has 0 aliphatic carbocycles. The van der Waals surface area contributed by atoms with E-state index in [2.05, 4.69) is 27.0 Å². The lowest BCUT2D eigenvalue weighted by molar-refractivity contribution is 0.345. The molecule has 1 unspecified atom stereocenters. The van der Waals surface area contributed by atoms with E-state index in [1.54, 1.807) is 0 Å². The average molecular weight is 167 g/mol. The molecule has 0 fully saturated rings. The van der Waals surface area contributed by atoms with E-state index < -0.39 is 0 Å². The monoisotopic (exact) mass is 167 g/mol. The van der Waals surface area contributed by atoms with Crippen molar-refractivity contribution in [3.8, 4) is 0 Å². The molecule has 0 aromatic heterocycles. The zero-order chi connectivity index (χ0) is 9.56. The Balaban J connectivity index is 4.06. The molecule has 1 heteroatoms. The molecule has 0 spiro atoms. The van der Waals surface area contributed by atoms with Crippen LogP contribution < -0.4 is 5.73 Å². The molecule has 2 N–H and O–H groups in total. The van der Waals surface area contributed by atoms with Gasteiger partial charge in [0.1, 0.15) is 0 Å². The Morgan fingerprint density at radius 2 is 1.58 bits per heavy atom. The van der Waals surface area contributed by atoms with Gasteiger partial charge in [-0.05, 0) is 24.7 Å². The summed E-state index contributed by atoms with van der Waals surface area (Å²) in [5.41, 5.74) is 6.04. The summed E-state index contributed by atoms with van der Waals surface area (Å²) in [7, 11) is 0. The van der Waals surface area contributed by atoms with E-state index >= 15 is 0 Å². The molecule has 1 atom stereocenters. The van der Waals surface area contributed by atoms with Crippen LogP contribution in [0.3, 0.4) is 0 Å². The Kier molecular flexibility index (Phi) is 5.73. The van der Waals surface area contributed by atoms with Crippen molar-refractivity contribution in [2.45, 2.75) is 32.7 Å². The molecular weight excluding hydrogens is 146 g/mol. The minimum atomic E-state index is 0.265. The molecule has 70 valence electrons. The highest BCUT2D eigenvalue weighted by molar-refractivity contribution is 4.86. The van der Waals surface area contributed by atoms with E-state index in [0.29, 0.717) is 11.8 Å². The number of nitrogens with two attached hydrogens (primary N) is 1. The molecule has 0 bridgehead atoms. The molecule has 0 rings (SSSR count). The maximum atomic E-state index is 6.04. The second-order valence-electron chi connectivity index (χ2n) is 3.63. The Bertz CT molecular complexity index is 128. The fourth-order valence-electron chi connectivity index (χ4n) is 1.38. The van der Waals surface area contributed by atoms with Crippen molar-refractivity contribution in [1.29, 1.82) is 0 Å². The van der Waals surface area contributed by atoms with Crippen LogP contribution in [-0.2, 0) is 0 Å². The zero-order valence-corrected chi connectivity index (χ0v) is 8.29. The Morgan fingerprint density at radius 3 is 1.83 bits per heavy atom. The van der Waals surface area contributed by atoms with Crippen molar-refractivity contribution < 1.29 is 0 Å². The Morgan fingerprint density at radius 1 is 1.17 bits per heavy atom. The summed E-state index contributed by atoms with van der Waals surface area (Å²) >= 11 is 0. The van der Waals surface area contributed by atoms with Crippen molar-refractivity contribution >= 4 is 0 Å². The second kappa shape index (κ2) is 6.01. The van der Waals surface area contributed by atoms with Crippen molar-refractivity contribution in [2.75, 3.05) is 0 Å². The molecule has 0 aromatic rings. The summed E-state index contributed by atoms with van der Waals surface area (Å²) in [6, 6.07) is 0.265. The van der Waals surface area contributed by atoms with Crippen molar-refractivity contribution in [3.63, 3.8) is 0 Å². The first kappa shape index (κ1) is 11.4. The van der Waals surface area contributed by atoms with Crippen LogP contribution >= 0.6 is 0 Å². The van der Waals surface area contributed by atoms with Crippen LogP contribution in [0.15, 0.2) is 25.3 Å². The van der Waals surface area contributed by atoms with Crippen LogP contribution in [0.2, 0.25) is 0 Å². The van der Waals surface area contributed by atoms with Gasteiger partial charge in [-0.25, -0.2) is 0 Å². The van der Waals surface area contributed by atoms with Gasteiger partial charge in [0.2, 0.25) is 0 Å². The van der Waals surface area contributed by atoms with Crippen LogP contribution in [0.1, 0.15) is 26.7 Å². The van der Waals surface area contributed by atoms with Gasteiger partial charge in [0, 0.05) is 6.04 Å². The first-order valence-electron chi connectivity index (χ1n) is 4.60. The van der Waals surface area contributed by atoms with Gasteiger partial charge in [-0.2, -0.15) is 0 Å². The molecule has 0 saturated carbocycles. The quantitative estimate of drug-likeness (QED) is 0.605. The molecule has 0 saturated heterocycles. The van der Waals surface area contributed by atoms with Gasteiger partial charge in [0.05, 0.1) is 0 Å². The lowest BCUT2D eigenvalue weighted by Crippen LogP contribution is -2.34. The topological polar surface area (TPSA) is 26.0 Å². The maximum Gasteiger partial charge on any atom is 0.00962 e. The fraction of sp³-hybridized carbons (Fsp3) is 0.636. The Labute approximate surface area is 76.3 Å². The summed E-state index contributed by atoms with van der Waals surface area (Å²) < 4.78 is 0. The van der Waals surface area contributed by atoms with E-state index in [4.69, 9.17) is 5.73 Å². The van der Waals surface area contributed by atoms with Crippen molar-refractivity contribution in [3.05, 3.63) is 25.3 Å². The van der Waals surface area contributed by atoms with Gasteiger partial charge < -0.3 is 5.73 Å². The third-order valence-electron chi connectivity index (χ3n) is 2.25. The molecule has 0 amide bonds. The summed E-state index contributed by atoms with van der Waals surface area (Å²) in [5, 5.41) is 0. The third-order valence-corrected chi connectivity index (χ3v) is 2.25. The minimum absolute atomic E-state index is 0.265. The van der Waals surface area contributed by atoms with Crippen molar-refractivity contribution in [2.24, 2.45) is 17.6 Å². The molecule has 0 aliphatic rings. The van der Waals surface area contributed by atoms with E-state index in [0.717, 1.165) is 12.8 Å². The van der Waals surface area contributed by atoms with Crippen LogP contribution in [0, 0.1) is 11.8 Å². The predicted octanol–water partition coefficient (Wildman–Crippen LogP) is 2.74. The molecule has 0 aliphatic heterocycles. The van der Waals surface area contributed by atoms with Crippen LogP contribution in [0.25, 0.3) is 0 Å². The standard InChI is InChI=1S/C11H21N/c1-5-7-10(8-6-2)11(12)9(3)4/h5-6,9-11H,1-2,7-8,12H2,3-4H3. The highest BCUT2D eigenvalue weighted by Gasteiger charge is 2.17. The molecule has 0 aromatic carbocycles. The second-order valence-corrected chi connectivity index (χ2v) is 3.63. The molecule has 12 heavy (non-hydrogen) atoms. The average Bonchev–Trinajstić information content (AvgIpc) is 2.03.